The molecule has 94 valence electrons. The summed E-state index contributed by atoms with van der Waals surface area (Å²) in [7, 11) is 0. The van der Waals surface area contributed by atoms with Crippen LogP contribution in [0.5, 0.6) is 0 Å². The van der Waals surface area contributed by atoms with Gasteiger partial charge in [0, 0.05) is 6.20 Å². The standard InChI is InChI=1S/C14H10FN3O/c15-11-6-1-2-7-12(11)16-14(19)13-9-10-5-3-4-8-18(10)17-13/h1-9H,(H,16,19). The zero-order valence-corrected chi connectivity index (χ0v) is 9.88. The summed E-state index contributed by atoms with van der Waals surface area (Å²) in [5.74, 6) is -0.909. The smallest absolute Gasteiger partial charge is 0.276 e. The first-order chi connectivity index (χ1) is 9.24. The molecule has 0 aliphatic carbocycles. The second-order valence-electron chi connectivity index (χ2n) is 4.03. The Bertz CT molecular complexity index is 718. The zero-order chi connectivity index (χ0) is 13.2. The lowest BCUT2D eigenvalue weighted by atomic mass is 10.3. The van der Waals surface area contributed by atoms with Crippen molar-refractivity contribution in [1.29, 1.82) is 0 Å². The van der Waals surface area contributed by atoms with Crippen molar-refractivity contribution in [1.82, 2.24) is 9.61 Å². The quantitative estimate of drug-likeness (QED) is 0.765. The third-order valence-corrected chi connectivity index (χ3v) is 2.72. The molecule has 1 aromatic carbocycles. The number of nitrogens with one attached hydrogen (secondary N) is 1. The molecule has 0 aliphatic heterocycles. The highest BCUT2D eigenvalue weighted by atomic mass is 19.1. The van der Waals surface area contributed by atoms with E-state index in [2.05, 4.69) is 10.4 Å². The third-order valence-electron chi connectivity index (χ3n) is 2.72. The molecule has 3 rings (SSSR count). The van der Waals surface area contributed by atoms with E-state index in [1.807, 2.05) is 18.2 Å². The molecule has 19 heavy (non-hydrogen) atoms. The minimum Gasteiger partial charge on any atom is -0.318 e. The lowest BCUT2D eigenvalue weighted by Gasteiger charge is -2.03. The molecular formula is C14H10FN3O. The zero-order valence-electron chi connectivity index (χ0n) is 9.88. The largest absolute Gasteiger partial charge is 0.318 e. The van der Waals surface area contributed by atoms with E-state index in [1.54, 1.807) is 28.9 Å². The lowest BCUT2D eigenvalue weighted by molar-refractivity contribution is 0.102. The van der Waals surface area contributed by atoms with E-state index in [-0.39, 0.29) is 11.4 Å². The molecule has 0 bridgehead atoms. The molecule has 0 unspecified atom stereocenters. The van der Waals surface area contributed by atoms with Gasteiger partial charge in [-0.3, -0.25) is 4.79 Å². The highest BCUT2D eigenvalue weighted by Crippen LogP contribution is 2.14. The molecule has 2 aromatic heterocycles. The SMILES string of the molecule is O=C(Nc1ccccc1F)c1cc2ccccn2n1. The van der Waals surface area contributed by atoms with Gasteiger partial charge in [0.25, 0.3) is 5.91 Å². The number of carbonyl (C=O) groups is 1. The monoisotopic (exact) mass is 255 g/mol. The number of halogens is 1. The van der Waals surface area contributed by atoms with Gasteiger partial charge in [-0.1, -0.05) is 18.2 Å². The predicted molar refractivity (Wildman–Crippen MR) is 69.5 cm³/mol. The van der Waals surface area contributed by atoms with Gasteiger partial charge in [-0.25, -0.2) is 8.91 Å². The predicted octanol–water partition coefficient (Wildman–Crippen LogP) is 2.73. The van der Waals surface area contributed by atoms with E-state index in [9.17, 15) is 9.18 Å². The van der Waals surface area contributed by atoms with Crippen LogP contribution in [0.2, 0.25) is 0 Å². The van der Waals surface area contributed by atoms with Crippen molar-refractivity contribution in [3.8, 4) is 0 Å². The minimum atomic E-state index is -0.473. The Hall–Kier alpha value is -2.69. The van der Waals surface area contributed by atoms with Crippen LogP contribution in [-0.2, 0) is 0 Å². The fraction of sp³-hybridized carbons (Fsp3) is 0. The number of para-hydroxylation sites is 1. The maximum absolute atomic E-state index is 13.4. The summed E-state index contributed by atoms with van der Waals surface area (Å²) in [5.41, 5.74) is 1.19. The topological polar surface area (TPSA) is 46.4 Å². The molecule has 0 saturated carbocycles. The Morgan fingerprint density at radius 2 is 1.95 bits per heavy atom. The number of anilines is 1. The first kappa shape index (κ1) is 11.4. The van der Waals surface area contributed by atoms with Gasteiger partial charge in [-0.05, 0) is 30.3 Å². The van der Waals surface area contributed by atoms with Crippen molar-refractivity contribution in [3.05, 3.63) is 66.2 Å². The molecule has 0 aliphatic rings. The van der Waals surface area contributed by atoms with Gasteiger partial charge in [0.1, 0.15) is 5.82 Å². The van der Waals surface area contributed by atoms with Crippen molar-refractivity contribution in [3.63, 3.8) is 0 Å². The summed E-state index contributed by atoms with van der Waals surface area (Å²) in [5, 5.41) is 6.62. The number of rotatable bonds is 2. The summed E-state index contributed by atoms with van der Waals surface area (Å²) in [6.07, 6.45) is 1.75. The van der Waals surface area contributed by atoms with Crippen molar-refractivity contribution in [2.75, 3.05) is 5.32 Å². The average molecular weight is 255 g/mol. The molecule has 0 fully saturated rings. The van der Waals surface area contributed by atoms with Gasteiger partial charge in [0.05, 0.1) is 11.2 Å². The molecule has 1 amide bonds. The van der Waals surface area contributed by atoms with Gasteiger partial charge in [0.15, 0.2) is 5.69 Å². The molecule has 4 nitrogen and oxygen atoms in total. The van der Waals surface area contributed by atoms with Crippen LogP contribution in [-0.4, -0.2) is 15.5 Å². The second kappa shape index (κ2) is 4.53. The molecular weight excluding hydrogens is 245 g/mol. The fourth-order valence-corrected chi connectivity index (χ4v) is 1.80. The van der Waals surface area contributed by atoms with Crippen molar-refractivity contribution < 1.29 is 9.18 Å². The molecule has 1 N–H and O–H groups in total. The van der Waals surface area contributed by atoms with Crippen LogP contribution in [0.1, 0.15) is 10.5 Å². The second-order valence-corrected chi connectivity index (χ2v) is 4.03. The van der Waals surface area contributed by atoms with Gasteiger partial charge >= 0.3 is 0 Å². The summed E-state index contributed by atoms with van der Waals surface area (Å²) in [4.78, 5) is 12.0. The Labute approximate surface area is 108 Å². The Morgan fingerprint density at radius 1 is 1.16 bits per heavy atom. The molecule has 0 radical (unpaired) electrons. The molecule has 2 heterocycles. The number of amides is 1. The van der Waals surface area contributed by atoms with Crippen molar-refractivity contribution in [2.45, 2.75) is 0 Å². The van der Waals surface area contributed by atoms with Crippen molar-refractivity contribution >= 4 is 17.1 Å². The average Bonchev–Trinajstić information content (AvgIpc) is 2.85. The number of pyridine rings is 1. The van der Waals surface area contributed by atoms with Gasteiger partial charge in [0.2, 0.25) is 0 Å². The summed E-state index contributed by atoms with van der Waals surface area (Å²) in [6, 6.07) is 13.2. The summed E-state index contributed by atoms with van der Waals surface area (Å²) >= 11 is 0. The Kier molecular flexibility index (Phi) is 2.72. The van der Waals surface area contributed by atoms with E-state index in [4.69, 9.17) is 0 Å². The molecule has 0 atom stereocenters. The number of benzene rings is 1. The highest BCUT2D eigenvalue weighted by molar-refractivity contribution is 6.03. The minimum absolute atomic E-state index is 0.143. The van der Waals surface area contributed by atoms with Crippen LogP contribution in [0, 0.1) is 5.82 Å². The number of aromatic nitrogens is 2. The van der Waals surface area contributed by atoms with Gasteiger partial charge < -0.3 is 5.32 Å². The van der Waals surface area contributed by atoms with Crippen LogP contribution in [0.3, 0.4) is 0 Å². The number of fused-ring (bicyclic) bond motifs is 1. The maximum Gasteiger partial charge on any atom is 0.276 e. The first-order valence-corrected chi connectivity index (χ1v) is 5.74. The van der Waals surface area contributed by atoms with E-state index >= 15 is 0 Å². The molecule has 5 heteroatoms. The van der Waals surface area contributed by atoms with Gasteiger partial charge in [-0.2, -0.15) is 5.10 Å². The van der Waals surface area contributed by atoms with E-state index < -0.39 is 11.7 Å². The van der Waals surface area contributed by atoms with E-state index in [0.717, 1.165) is 5.52 Å². The summed E-state index contributed by atoms with van der Waals surface area (Å²) < 4.78 is 15.0. The van der Waals surface area contributed by atoms with Crippen LogP contribution < -0.4 is 5.32 Å². The van der Waals surface area contributed by atoms with Crippen LogP contribution in [0.4, 0.5) is 10.1 Å². The number of carbonyl (C=O) groups excluding carboxylic acids is 1. The molecule has 0 spiro atoms. The van der Waals surface area contributed by atoms with Crippen LogP contribution in [0.15, 0.2) is 54.7 Å². The molecule has 3 aromatic rings. The van der Waals surface area contributed by atoms with Crippen molar-refractivity contribution in [2.24, 2.45) is 0 Å². The fourth-order valence-electron chi connectivity index (χ4n) is 1.80. The number of hydrogen-bond acceptors (Lipinski definition) is 2. The Morgan fingerprint density at radius 3 is 2.74 bits per heavy atom. The number of hydrogen-bond donors (Lipinski definition) is 1. The molecule has 0 saturated heterocycles. The highest BCUT2D eigenvalue weighted by Gasteiger charge is 2.12. The Balaban J connectivity index is 1.90. The van der Waals surface area contributed by atoms with Crippen LogP contribution in [0.25, 0.3) is 5.52 Å². The van der Waals surface area contributed by atoms with E-state index in [1.165, 1.54) is 12.1 Å². The van der Waals surface area contributed by atoms with Gasteiger partial charge in [-0.15, -0.1) is 0 Å². The third kappa shape index (κ3) is 2.18. The lowest BCUT2D eigenvalue weighted by Crippen LogP contribution is -2.13. The number of nitrogens with zero attached hydrogens (tertiary/aromatic N) is 2. The van der Waals surface area contributed by atoms with E-state index in [0.29, 0.717) is 0 Å². The van der Waals surface area contributed by atoms with Crippen LogP contribution >= 0.6 is 0 Å². The maximum atomic E-state index is 13.4. The normalized spacial score (nSPS) is 10.6. The summed E-state index contributed by atoms with van der Waals surface area (Å²) in [6.45, 7) is 0. The first-order valence-electron chi connectivity index (χ1n) is 5.74.